The van der Waals surface area contributed by atoms with Crippen LogP contribution in [0, 0.1) is 6.92 Å². The highest BCUT2D eigenvalue weighted by Gasteiger charge is 2.28. The normalized spacial score (nSPS) is 14.8. The van der Waals surface area contributed by atoms with Crippen LogP contribution in [-0.4, -0.2) is 33.9 Å². The summed E-state index contributed by atoms with van der Waals surface area (Å²) < 4.78 is 12.4. The molecule has 1 aliphatic rings. The second-order valence-electron chi connectivity index (χ2n) is 11.8. The molecule has 1 atom stereocenters. The smallest absolute Gasteiger partial charge is 0.129 e. The summed E-state index contributed by atoms with van der Waals surface area (Å²) in [5.74, 6) is 0.874. The number of aliphatic hydroxyl groups excluding tert-OH is 1. The van der Waals surface area contributed by atoms with E-state index >= 15 is 0 Å². The van der Waals surface area contributed by atoms with Crippen molar-refractivity contribution in [2.24, 2.45) is 0 Å². The third-order valence-corrected chi connectivity index (χ3v) is 6.83. The van der Waals surface area contributed by atoms with Crippen molar-refractivity contribution >= 4 is 21.8 Å². The summed E-state index contributed by atoms with van der Waals surface area (Å²) in [6.45, 7) is 15.2. The number of aryl methyl sites for hydroxylation is 1. The highest BCUT2D eigenvalue weighted by atomic mass is 16.5. The summed E-state index contributed by atoms with van der Waals surface area (Å²) in [5, 5.41) is 12.6. The summed E-state index contributed by atoms with van der Waals surface area (Å²) in [6.07, 6.45) is 2.26. The van der Waals surface area contributed by atoms with E-state index in [-0.39, 0.29) is 12.0 Å². The molecule has 5 rings (SSSR count). The zero-order chi connectivity index (χ0) is 25.8. The Hall–Kier alpha value is -3.02. The molecule has 0 aliphatic carbocycles. The van der Waals surface area contributed by atoms with Gasteiger partial charge in [-0.05, 0) is 80.3 Å². The number of nitrogens with zero attached hydrogens (tertiary/aromatic N) is 2. The minimum atomic E-state index is -0.492. The Bertz CT molecular complexity index is 1450. The second-order valence-corrected chi connectivity index (χ2v) is 11.8. The van der Waals surface area contributed by atoms with E-state index in [0.717, 1.165) is 61.9 Å². The molecule has 1 aliphatic heterocycles. The quantitative estimate of drug-likeness (QED) is 0.344. The van der Waals surface area contributed by atoms with Crippen molar-refractivity contribution < 1.29 is 14.6 Å². The van der Waals surface area contributed by atoms with Crippen molar-refractivity contribution in [1.29, 1.82) is 0 Å². The third-order valence-electron chi connectivity index (χ3n) is 6.83. The predicted octanol–water partition coefficient (Wildman–Crippen LogP) is 6.84. The Morgan fingerprint density at radius 2 is 1.83 bits per heavy atom. The molecule has 36 heavy (non-hydrogen) atoms. The molecule has 1 N–H and O–H groups in total. The summed E-state index contributed by atoms with van der Waals surface area (Å²) in [4.78, 5) is 9.94. The van der Waals surface area contributed by atoms with Gasteiger partial charge in [0.05, 0.1) is 29.8 Å². The monoisotopic (exact) mass is 484 g/mol. The van der Waals surface area contributed by atoms with Crippen molar-refractivity contribution in [1.82, 2.24) is 9.97 Å². The molecule has 2 aromatic heterocycles. The Morgan fingerprint density at radius 3 is 2.53 bits per heavy atom. The number of hydrogen-bond acceptors (Lipinski definition) is 5. The molecule has 0 radical (unpaired) electrons. The number of benzene rings is 2. The molecule has 4 aromatic rings. The molecule has 188 valence electrons. The Balaban J connectivity index is 1.88. The van der Waals surface area contributed by atoms with E-state index in [1.165, 1.54) is 5.56 Å². The molecule has 0 amide bonds. The lowest BCUT2D eigenvalue weighted by molar-refractivity contribution is -0.0821. The van der Waals surface area contributed by atoms with Gasteiger partial charge in [0.1, 0.15) is 11.9 Å². The summed E-state index contributed by atoms with van der Waals surface area (Å²) in [6, 6.07) is 12.6. The highest BCUT2D eigenvalue weighted by molar-refractivity contribution is 6.07. The second kappa shape index (κ2) is 8.82. The van der Waals surface area contributed by atoms with Crippen LogP contribution < -0.4 is 4.74 Å². The molecule has 0 saturated heterocycles. The van der Waals surface area contributed by atoms with Crippen molar-refractivity contribution in [3.8, 4) is 16.9 Å². The Morgan fingerprint density at radius 1 is 1.06 bits per heavy atom. The number of aliphatic hydroxyl groups is 1. The number of hydrogen-bond donors (Lipinski definition) is 1. The predicted molar refractivity (Wildman–Crippen MR) is 146 cm³/mol. The van der Waals surface area contributed by atoms with Gasteiger partial charge in [0.25, 0.3) is 0 Å². The van der Waals surface area contributed by atoms with E-state index in [1.54, 1.807) is 0 Å². The van der Waals surface area contributed by atoms with Gasteiger partial charge in [-0.1, -0.05) is 26.8 Å². The Kier molecular flexibility index (Phi) is 6.05. The first-order valence-electron chi connectivity index (χ1n) is 12.7. The van der Waals surface area contributed by atoms with Crippen LogP contribution in [0.4, 0.5) is 0 Å². The van der Waals surface area contributed by atoms with Crippen LogP contribution in [0.15, 0.2) is 42.6 Å². The fourth-order valence-corrected chi connectivity index (χ4v) is 5.26. The lowest BCUT2D eigenvalue weighted by atomic mass is 9.85. The summed E-state index contributed by atoms with van der Waals surface area (Å²) in [5.41, 5.74) is 7.68. The maximum Gasteiger partial charge on any atom is 0.129 e. The maximum atomic E-state index is 10.5. The van der Waals surface area contributed by atoms with Crippen molar-refractivity contribution in [3.63, 3.8) is 0 Å². The molecule has 0 bridgehead atoms. The van der Waals surface area contributed by atoms with Crippen LogP contribution in [-0.2, 0) is 16.6 Å². The van der Waals surface area contributed by atoms with Crippen molar-refractivity contribution in [3.05, 3.63) is 65.0 Å². The van der Waals surface area contributed by atoms with Gasteiger partial charge < -0.3 is 14.6 Å². The number of fused-ring (bicyclic) bond motifs is 1. The largest absolute Gasteiger partial charge is 0.493 e. The first-order valence-corrected chi connectivity index (χ1v) is 12.7. The van der Waals surface area contributed by atoms with E-state index < -0.39 is 11.7 Å². The molecule has 3 heterocycles. The van der Waals surface area contributed by atoms with Crippen LogP contribution in [0.1, 0.15) is 70.0 Å². The van der Waals surface area contributed by atoms with E-state index in [9.17, 15) is 5.11 Å². The molecule has 5 heteroatoms. The van der Waals surface area contributed by atoms with Gasteiger partial charge in [-0.3, -0.25) is 9.97 Å². The van der Waals surface area contributed by atoms with Gasteiger partial charge in [0.2, 0.25) is 0 Å². The maximum absolute atomic E-state index is 10.5. The zero-order valence-corrected chi connectivity index (χ0v) is 22.4. The van der Waals surface area contributed by atoms with Gasteiger partial charge in [-0.25, -0.2) is 0 Å². The van der Waals surface area contributed by atoms with E-state index in [1.807, 2.05) is 27.0 Å². The zero-order valence-electron chi connectivity index (χ0n) is 22.4. The Labute approximate surface area is 213 Å². The summed E-state index contributed by atoms with van der Waals surface area (Å²) in [7, 11) is 0. The lowest BCUT2D eigenvalue weighted by Crippen LogP contribution is -2.25. The van der Waals surface area contributed by atoms with Crippen LogP contribution in [0.5, 0.6) is 5.75 Å². The summed E-state index contributed by atoms with van der Waals surface area (Å²) >= 11 is 0. The number of rotatable bonds is 4. The SMILES string of the molecule is Cc1cc2nc(C(C)(C)C)ccc2c(-c2ccc3c4c(ccnc24)CCO3)c1[C@@H](CO)OC(C)(C)C. The van der Waals surface area contributed by atoms with Gasteiger partial charge in [-0.15, -0.1) is 0 Å². The topological polar surface area (TPSA) is 64.5 Å². The van der Waals surface area contributed by atoms with E-state index in [0.29, 0.717) is 6.61 Å². The molecule has 0 spiro atoms. The molecule has 0 fully saturated rings. The first-order chi connectivity index (χ1) is 17.0. The minimum absolute atomic E-state index is 0.0664. The van der Waals surface area contributed by atoms with Gasteiger partial charge in [0.15, 0.2) is 0 Å². The fraction of sp³-hybridized carbons (Fsp3) is 0.419. The van der Waals surface area contributed by atoms with Crippen molar-refractivity contribution in [2.75, 3.05) is 13.2 Å². The molecule has 2 aromatic carbocycles. The van der Waals surface area contributed by atoms with Crippen LogP contribution in [0.25, 0.3) is 32.9 Å². The molecular weight excluding hydrogens is 448 g/mol. The molecule has 0 saturated carbocycles. The average Bonchev–Trinajstić information content (AvgIpc) is 2.81. The number of aromatic nitrogens is 2. The molecule has 0 unspecified atom stereocenters. The molecule has 5 nitrogen and oxygen atoms in total. The number of ether oxygens (including phenoxy) is 2. The fourth-order valence-electron chi connectivity index (χ4n) is 5.26. The van der Waals surface area contributed by atoms with E-state index in [2.05, 4.69) is 64.1 Å². The van der Waals surface area contributed by atoms with Gasteiger partial charge in [0, 0.05) is 40.1 Å². The third kappa shape index (κ3) is 4.35. The highest BCUT2D eigenvalue weighted by Crippen LogP contribution is 2.45. The number of pyridine rings is 2. The van der Waals surface area contributed by atoms with Crippen LogP contribution in [0.3, 0.4) is 0 Å². The lowest BCUT2D eigenvalue weighted by Gasteiger charge is -2.30. The average molecular weight is 485 g/mol. The van der Waals surface area contributed by atoms with Crippen LogP contribution in [0.2, 0.25) is 0 Å². The first kappa shape index (κ1) is 24.7. The van der Waals surface area contributed by atoms with Gasteiger partial charge in [-0.2, -0.15) is 0 Å². The molecular formula is C31H36N2O3. The van der Waals surface area contributed by atoms with Crippen molar-refractivity contribution in [2.45, 2.75) is 72.0 Å². The van der Waals surface area contributed by atoms with Gasteiger partial charge >= 0.3 is 0 Å². The standard InChI is InChI=1S/C31H36N2O3/c1-18-16-22-20(9-11-25(33-22)30(2,3)4)28(26(18)24(17-34)36-31(5,6)7)21-8-10-23-27-19(13-15-35-23)12-14-32-29(21)27/h8-12,14,16,24,34H,13,15,17H2,1-7H3/t24-/m1/s1. The minimum Gasteiger partial charge on any atom is -0.493 e. The van der Waals surface area contributed by atoms with Crippen LogP contribution >= 0.6 is 0 Å². The van der Waals surface area contributed by atoms with E-state index in [4.69, 9.17) is 19.4 Å².